The van der Waals surface area contributed by atoms with E-state index in [4.69, 9.17) is 0 Å². The molecule has 0 aromatic carbocycles. The Kier molecular flexibility index (Phi) is 33.2. The third-order valence-electron chi connectivity index (χ3n) is 2.75. The molecule has 0 aromatic rings. The summed E-state index contributed by atoms with van der Waals surface area (Å²) in [5.74, 6) is 0.630. The second-order valence-corrected chi connectivity index (χ2v) is 8.51. The Labute approximate surface area is 234 Å². The van der Waals surface area contributed by atoms with Gasteiger partial charge in [0.25, 0.3) is 0 Å². The number of rotatable bonds is 11. The van der Waals surface area contributed by atoms with Gasteiger partial charge < -0.3 is 28.7 Å². The first-order valence-corrected chi connectivity index (χ1v) is 10.2. The molecule has 7 nitrogen and oxygen atoms in total. The predicted octanol–water partition coefficient (Wildman–Crippen LogP) is -12.3. The second kappa shape index (κ2) is 20.5. The van der Waals surface area contributed by atoms with Crippen LogP contribution in [0.5, 0.6) is 0 Å². The topological polar surface area (TPSA) is 130 Å². The van der Waals surface area contributed by atoms with Crippen LogP contribution >= 0.6 is 15.2 Å². The molecule has 0 bridgehead atoms. The van der Waals surface area contributed by atoms with E-state index < -0.39 is 27.8 Å². The zero-order valence-electron chi connectivity index (χ0n) is 16.0. The SMILES string of the molecule is CC(C)CCCCCCN(CP(=O)([O-])[O-])CP(=O)([O-])[O-].[Na+].[Na+].[Na+].[Na+]. The fourth-order valence-corrected chi connectivity index (χ4v) is 3.54. The summed E-state index contributed by atoms with van der Waals surface area (Å²) in [6, 6.07) is 0. The van der Waals surface area contributed by atoms with Crippen LogP contribution < -0.4 is 138 Å². The summed E-state index contributed by atoms with van der Waals surface area (Å²) in [5, 5.41) is 0. The van der Waals surface area contributed by atoms with Crippen molar-refractivity contribution < 1.29 is 147 Å². The molecule has 0 atom stereocenters. The molecule has 0 unspecified atom stereocenters. The van der Waals surface area contributed by atoms with Crippen molar-refractivity contribution in [2.75, 3.05) is 19.1 Å². The second-order valence-electron chi connectivity index (χ2n) is 5.50. The van der Waals surface area contributed by atoms with Crippen LogP contribution in [0.1, 0.15) is 46.0 Å². The Morgan fingerprint density at radius 2 is 1.12 bits per heavy atom. The fraction of sp³-hybridized carbons (Fsp3) is 1.00. The first kappa shape index (κ1) is 38.8. The van der Waals surface area contributed by atoms with E-state index in [-0.39, 0.29) is 125 Å². The van der Waals surface area contributed by atoms with Gasteiger partial charge in [-0.15, -0.1) is 0 Å². The van der Waals surface area contributed by atoms with Gasteiger partial charge in [0.05, 0.1) is 0 Å². The van der Waals surface area contributed by atoms with Gasteiger partial charge in [0.15, 0.2) is 0 Å². The Bertz CT molecular complexity index is 342. The van der Waals surface area contributed by atoms with Gasteiger partial charge in [0.2, 0.25) is 0 Å². The molecule has 0 aliphatic heterocycles. The van der Waals surface area contributed by atoms with Crippen LogP contribution in [0, 0.1) is 5.92 Å². The van der Waals surface area contributed by atoms with Crippen molar-refractivity contribution in [3.63, 3.8) is 0 Å². The molecule has 24 heavy (non-hydrogen) atoms. The van der Waals surface area contributed by atoms with Crippen LogP contribution in [0.4, 0.5) is 0 Å². The minimum absolute atomic E-state index is 0. The molecule has 0 aliphatic carbocycles. The van der Waals surface area contributed by atoms with E-state index in [1.807, 2.05) is 0 Å². The van der Waals surface area contributed by atoms with Crippen molar-refractivity contribution in [1.82, 2.24) is 4.90 Å². The first-order chi connectivity index (χ1) is 8.99. The van der Waals surface area contributed by atoms with Crippen molar-refractivity contribution in [3.8, 4) is 0 Å². The minimum atomic E-state index is -4.86. The molecule has 0 spiro atoms. The van der Waals surface area contributed by atoms with E-state index in [1.165, 1.54) is 0 Å². The summed E-state index contributed by atoms with van der Waals surface area (Å²) < 4.78 is 21.3. The first-order valence-electron chi connectivity index (χ1n) is 6.74. The van der Waals surface area contributed by atoms with E-state index in [9.17, 15) is 28.7 Å². The Hall–Kier alpha value is 4.26. The average Bonchev–Trinajstić information content (AvgIpc) is 2.17. The number of hydrogen-bond acceptors (Lipinski definition) is 7. The average molecular weight is 419 g/mol. The molecule has 0 amide bonds. The van der Waals surface area contributed by atoms with E-state index in [1.54, 1.807) is 0 Å². The zero-order valence-corrected chi connectivity index (χ0v) is 25.8. The third-order valence-corrected chi connectivity index (χ3v) is 4.25. The van der Waals surface area contributed by atoms with Crippen molar-refractivity contribution in [2.24, 2.45) is 5.92 Å². The minimum Gasteiger partial charge on any atom is -0.810 e. The molecule has 0 saturated carbocycles. The number of hydrogen-bond donors (Lipinski definition) is 0. The number of unbranched alkanes of at least 4 members (excludes halogenated alkanes) is 3. The monoisotopic (exact) mass is 419 g/mol. The van der Waals surface area contributed by atoms with Gasteiger partial charge in [-0.2, -0.15) is 0 Å². The molecule has 0 radical (unpaired) electrons. The van der Waals surface area contributed by atoms with Crippen molar-refractivity contribution in [2.45, 2.75) is 46.0 Å². The zero-order chi connectivity index (χ0) is 15.8. The predicted molar refractivity (Wildman–Crippen MR) is 69.6 cm³/mol. The van der Waals surface area contributed by atoms with Gasteiger partial charge in [0, 0.05) is 12.6 Å². The summed E-state index contributed by atoms with van der Waals surface area (Å²) in [6.07, 6.45) is 2.69. The summed E-state index contributed by atoms with van der Waals surface area (Å²) >= 11 is 0. The molecule has 0 saturated heterocycles. The van der Waals surface area contributed by atoms with Crippen molar-refractivity contribution in [3.05, 3.63) is 0 Å². The smallest absolute Gasteiger partial charge is 0.810 e. The van der Waals surface area contributed by atoms with Gasteiger partial charge in [-0.25, -0.2) is 0 Å². The Balaban J connectivity index is -0.000000301. The van der Waals surface area contributed by atoms with E-state index in [2.05, 4.69) is 13.8 Å². The van der Waals surface area contributed by atoms with Crippen molar-refractivity contribution in [1.29, 1.82) is 0 Å². The molecule has 13 heteroatoms. The molecular formula is C11H23NNa4O6P2. The van der Waals surface area contributed by atoms with Crippen LogP contribution in [0.2, 0.25) is 0 Å². The normalized spacial score (nSPS) is 11.2. The van der Waals surface area contributed by atoms with Crippen LogP contribution in [-0.4, -0.2) is 24.0 Å². The quantitative estimate of drug-likeness (QED) is 0.185. The van der Waals surface area contributed by atoms with E-state index >= 15 is 0 Å². The number of nitrogens with zero attached hydrogens (tertiary/aromatic N) is 1. The van der Waals surface area contributed by atoms with Gasteiger partial charge in [-0.3, -0.25) is 4.90 Å². The maximum atomic E-state index is 10.7. The molecule has 0 N–H and O–H groups in total. The maximum Gasteiger partial charge on any atom is 1.00 e. The van der Waals surface area contributed by atoms with Gasteiger partial charge in [0.1, 0.15) is 0 Å². The third kappa shape index (κ3) is 31.0. The molecular weight excluding hydrogens is 396 g/mol. The summed E-state index contributed by atoms with van der Waals surface area (Å²) in [4.78, 5) is 43.6. The van der Waals surface area contributed by atoms with E-state index in [0.717, 1.165) is 30.6 Å². The maximum absolute atomic E-state index is 10.7. The van der Waals surface area contributed by atoms with Crippen LogP contribution in [0.3, 0.4) is 0 Å². The molecule has 0 fully saturated rings. The molecule has 122 valence electrons. The fourth-order valence-electron chi connectivity index (χ4n) is 1.92. The van der Waals surface area contributed by atoms with Crippen LogP contribution in [0.25, 0.3) is 0 Å². The Morgan fingerprint density at radius 3 is 1.46 bits per heavy atom. The molecule has 0 aliphatic rings. The van der Waals surface area contributed by atoms with Crippen LogP contribution in [0.15, 0.2) is 0 Å². The van der Waals surface area contributed by atoms with Gasteiger partial charge in [-0.1, -0.05) is 54.7 Å². The van der Waals surface area contributed by atoms with Gasteiger partial charge in [-0.05, 0) is 18.9 Å². The molecule has 0 rings (SSSR count). The largest absolute Gasteiger partial charge is 1.00 e. The van der Waals surface area contributed by atoms with Crippen molar-refractivity contribution >= 4 is 15.2 Å². The standard InChI is InChI=1S/C11H27NO6P2.4Na/c1-11(2)7-5-3-4-6-8-12(9-19(13,14)15)10-20(16,17)18;;;;/h11H,3-10H2,1-2H3,(H2,13,14,15)(H2,16,17,18);;;;/q;4*+1/p-4. The summed E-state index contributed by atoms with van der Waals surface area (Å²) in [7, 11) is -9.71. The summed E-state index contributed by atoms with van der Waals surface area (Å²) in [6.45, 7) is 4.38. The van der Waals surface area contributed by atoms with Crippen LogP contribution in [-0.2, 0) is 9.13 Å². The molecule has 0 aromatic heterocycles. The molecule has 0 heterocycles. The van der Waals surface area contributed by atoms with E-state index in [0.29, 0.717) is 12.3 Å². The van der Waals surface area contributed by atoms with Gasteiger partial charge >= 0.3 is 118 Å². The Morgan fingerprint density at radius 1 is 0.750 bits per heavy atom. The summed E-state index contributed by atoms with van der Waals surface area (Å²) in [5.41, 5.74) is 0.